The fourth-order valence-electron chi connectivity index (χ4n) is 5.22. The lowest BCUT2D eigenvalue weighted by molar-refractivity contribution is 0.0641. The van der Waals surface area contributed by atoms with E-state index < -0.39 is 23.0 Å². The lowest BCUT2D eigenvalue weighted by Crippen LogP contribution is -2.44. The first-order valence-electron chi connectivity index (χ1n) is 14.3. The molecule has 3 aromatic carbocycles. The molecule has 6 rings (SSSR count). The van der Waals surface area contributed by atoms with Crippen LogP contribution in [-0.2, 0) is 7.05 Å². The average molecular weight is 627 g/mol. The summed E-state index contributed by atoms with van der Waals surface area (Å²) < 4.78 is 47.0. The summed E-state index contributed by atoms with van der Waals surface area (Å²) in [5.74, 6) is -1.37. The largest absolute Gasteiger partial charge is 0.493 e. The number of hydrogen-bond acceptors (Lipinski definition) is 7. The number of fused-ring (bicyclic) bond motifs is 1. The topological polar surface area (TPSA) is 112 Å². The van der Waals surface area contributed by atoms with Gasteiger partial charge in [0.25, 0.3) is 11.8 Å². The first-order valence-corrected chi connectivity index (χ1v) is 14.3. The molecule has 1 N–H and O–H groups in total. The maximum Gasteiger partial charge on any atom is 0.271 e. The molecule has 3 heterocycles. The predicted octanol–water partition coefficient (Wildman–Crippen LogP) is 5.79. The number of pyridine rings is 2. The van der Waals surface area contributed by atoms with Crippen LogP contribution in [0.15, 0.2) is 77.9 Å². The van der Waals surface area contributed by atoms with Crippen LogP contribution < -0.4 is 25.0 Å². The van der Waals surface area contributed by atoms with Gasteiger partial charge in [-0.1, -0.05) is 12.1 Å². The molecule has 5 aromatic rings. The molecule has 234 valence electrons. The van der Waals surface area contributed by atoms with Crippen LogP contribution in [0.4, 0.5) is 14.5 Å². The summed E-state index contributed by atoms with van der Waals surface area (Å²) >= 11 is 0. The van der Waals surface area contributed by atoms with Crippen molar-refractivity contribution < 1.29 is 32.6 Å². The maximum atomic E-state index is 15.3. The molecule has 0 atom stereocenters. The minimum absolute atomic E-state index is 0.0270. The van der Waals surface area contributed by atoms with Crippen molar-refractivity contribution in [3.63, 3.8) is 0 Å². The van der Waals surface area contributed by atoms with Crippen LogP contribution in [0.3, 0.4) is 0 Å². The van der Waals surface area contributed by atoms with E-state index >= 15 is 4.39 Å². The number of amides is 2. The van der Waals surface area contributed by atoms with Crippen molar-refractivity contribution in [2.45, 2.75) is 6.42 Å². The second-order valence-electron chi connectivity index (χ2n) is 10.6. The summed E-state index contributed by atoms with van der Waals surface area (Å²) in [4.78, 5) is 46.3. The van der Waals surface area contributed by atoms with Gasteiger partial charge < -0.3 is 29.0 Å². The normalized spacial score (nSPS) is 12.4. The first-order chi connectivity index (χ1) is 22.2. The Morgan fingerprint density at radius 1 is 0.891 bits per heavy atom. The quantitative estimate of drug-likeness (QED) is 0.232. The van der Waals surface area contributed by atoms with E-state index in [9.17, 15) is 18.8 Å². The minimum Gasteiger partial charge on any atom is -0.493 e. The van der Waals surface area contributed by atoms with Gasteiger partial charge >= 0.3 is 0 Å². The lowest BCUT2D eigenvalue weighted by Gasteiger charge is -2.32. The Morgan fingerprint density at radius 3 is 2.26 bits per heavy atom. The van der Waals surface area contributed by atoms with Crippen molar-refractivity contribution in [1.82, 2.24) is 14.5 Å². The smallest absolute Gasteiger partial charge is 0.271 e. The molecule has 0 bridgehead atoms. The highest BCUT2D eigenvalue weighted by atomic mass is 19.1. The van der Waals surface area contributed by atoms with E-state index in [0.29, 0.717) is 41.2 Å². The van der Waals surface area contributed by atoms with E-state index in [1.807, 2.05) is 0 Å². The van der Waals surface area contributed by atoms with Crippen molar-refractivity contribution in [1.29, 1.82) is 0 Å². The molecule has 0 radical (unpaired) electrons. The highest BCUT2D eigenvalue weighted by molar-refractivity contribution is 6.07. The number of carbonyl (C=O) groups excluding carboxylic acids is 2. The number of nitrogens with one attached hydrogen (secondary N) is 1. The number of rotatable bonds is 8. The number of methoxy groups -OCH3 is 2. The fourth-order valence-corrected chi connectivity index (χ4v) is 5.22. The molecule has 12 heteroatoms. The lowest BCUT2D eigenvalue weighted by atomic mass is 9.99. The molecule has 1 aliphatic rings. The van der Waals surface area contributed by atoms with Gasteiger partial charge in [0.2, 0.25) is 5.43 Å². The van der Waals surface area contributed by atoms with E-state index in [1.54, 1.807) is 30.1 Å². The summed E-state index contributed by atoms with van der Waals surface area (Å²) in [5, 5.41) is 3.11. The SMILES string of the molecule is COc1cc2nccc(Oc3ccc(NC(=O)c4cn(C)c(C(=O)N5CCC5)c(-c5ccc(F)cc5)c4=O)cc3F)c2cc1OC. The molecule has 0 spiro atoms. The number of anilines is 1. The van der Waals surface area contributed by atoms with Crippen LogP contribution in [0.1, 0.15) is 27.3 Å². The number of carbonyl (C=O) groups is 2. The summed E-state index contributed by atoms with van der Waals surface area (Å²) in [6, 6.07) is 13.9. The molecule has 0 aliphatic carbocycles. The number of aromatic nitrogens is 2. The number of likely N-dealkylation sites (tertiary alicyclic amines) is 1. The molecule has 0 saturated carbocycles. The zero-order chi connectivity index (χ0) is 32.5. The molecule has 1 fully saturated rings. The molecule has 2 amide bonds. The summed E-state index contributed by atoms with van der Waals surface area (Å²) in [6.07, 6.45) is 3.62. The van der Waals surface area contributed by atoms with Gasteiger partial charge in [-0.3, -0.25) is 19.4 Å². The average Bonchev–Trinajstić information content (AvgIpc) is 3.02. The zero-order valence-electron chi connectivity index (χ0n) is 25.1. The highest BCUT2D eigenvalue weighted by Crippen LogP contribution is 2.37. The third kappa shape index (κ3) is 5.60. The maximum absolute atomic E-state index is 15.3. The standard InChI is InChI=1S/C34H28F2N4O6/c1-39-18-23(32(41)30(19-5-7-20(35)8-6-19)31(39)34(43)40-13-4-14-40)33(42)38-21-9-10-27(24(36)15-21)46-26-11-12-37-25-17-29(45-3)28(44-2)16-22(25)26/h5-12,15-18H,4,13-14H2,1-3H3,(H,38,42). The molecular weight excluding hydrogens is 598 g/mol. The molecule has 46 heavy (non-hydrogen) atoms. The number of nitrogens with zero attached hydrogens (tertiary/aromatic N) is 3. The summed E-state index contributed by atoms with van der Waals surface area (Å²) in [5.41, 5.74) is -0.0576. The number of halogens is 2. The fraction of sp³-hybridized carbons (Fsp3) is 0.176. The number of ether oxygens (including phenoxy) is 3. The van der Waals surface area contributed by atoms with Crippen LogP contribution in [-0.4, -0.2) is 53.6 Å². The molecule has 2 aromatic heterocycles. The first kappa shape index (κ1) is 30.3. The van der Waals surface area contributed by atoms with Gasteiger partial charge in [-0.05, 0) is 48.4 Å². The van der Waals surface area contributed by atoms with Gasteiger partial charge in [0.05, 0.1) is 25.3 Å². The molecule has 10 nitrogen and oxygen atoms in total. The van der Waals surface area contributed by atoms with Crippen LogP contribution in [0.5, 0.6) is 23.0 Å². The summed E-state index contributed by atoms with van der Waals surface area (Å²) in [7, 11) is 4.55. The Morgan fingerprint density at radius 2 is 1.61 bits per heavy atom. The second-order valence-corrected chi connectivity index (χ2v) is 10.6. The number of hydrogen-bond donors (Lipinski definition) is 1. The minimum atomic E-state index is -0.818. The molecular formula is C34H28F2N4O6. The van der Waals surface area contributed by atoms with Gasteiger partial charge in [0.1, 0.15) is 22.8 Å². The Hall–Kier alpha value is -5.78. The van der Waals surface area contributed by atoms with Crippen LogP contribution >= 0.6 is 0 Å². The van der Waals surface area contributed by atoms with Crippen LogP contribution in [0, 0.1) is 11.6 Å². The van der Waals surface area contributed by atoms with Crippen LogP contribution in [0.2, 0.25) is 0 Å². The summed E-state index contributed by atoms with van der Waals surface area (Å²) in [6.45, 7) is 1.09. The van der Waals surface area contributed by atoms with Gasteiger partial charge in [-0.2, -0.15) is 0 Å². The van der Waals surface area contributed by atoms with Gasteiger partial charge in [-0.15, -0.1) is 0 Å². The molecule has 0 unspecified atom stereocenters. The zero-order valence-corrected chi connectivity index (χ0v) is 25.1. The Bertz CT molecular complexity index is 2060. The number of benzene rings is 3. The Balaban J connectivity index is 1.30. The second kappa shape index (κ2) is 12.3. The Labute approximate surface area is 261 Å². The third-order valence-corrected chi connectivity index (χ3v) is 7.72. The van der Waals surface area contributed by atoms with Crippen molar-refractivity contribution in [2.24, 2.45) is 7.05 Å². The van der Waals surface area contributed by atoms with E-state index in [-0.39, 0.29) is 39.7 Å². The van der Waals surface area contributed by atoms with Gasteiger partial charge in [0.15, 0.2) is 23.1 Å². The third-order valence-electron chi connectivity index (χ3n) is 7.72. The van der Waals surface area contributed by atoms with E-state index in [1.165, 1.54) is 67.6 Å². The van der Waals surface area contributed by atoms with E-state index in [0.717, 1.165) is 12.5 Å². The van der Waals surface area contributed by atoms with Gasteiger partial charge in [-0.25, -0.2) is 8.78 Å². The monoisotopic (exact) mass is 626 g/mol. The number of aryl methyl sites for hydroxylation is 1. The Kier molecular flexibility index (Phi) is 8.10. The van der Waals surface area contributed by atoms with Gasteiger partial charge in [0, 0.05) is 55.7 Å². The highest BCUT2D eigenvalue weighted by Gasteiger charge is 2.30. The van der Waals surface area contributed by atoms with E-state index in [2.05, 4.69) is 10.3 Å². The van der Waals surface area contributed by atoms with Crippen molar-refractivity contribution in [2.75, 3.05) is 32.6 Å². The van der Waals surface area contributed by atoms with Crippen molar-refractivity contribution >= 4 is 28.4 Å². The predicted molar refractivity (Wildman–Crippen MR) is 167 cm³/mol. The molecule has 1 saturated heterocycles. The van der Waals surface area contributed by atoms with Crippen molar-refractivity contribution in [3.8, 4) is 34.1 Å². The van der Waals surface area contributed by atoms with Crippen molar-refractivity contribution in [3.05, 3.63) is 106 Å². The van der Waals surface area contributed by atoms with E-state index in [4.69, 9.17) is 14.2 Å². The molecule has 1 aliphatic heterocycles. The van der Waals surface area contributed by atoms with Crippen LogP contribution in [0.25, 0.3) is 22.0 Å².